The van der Waals surface area contributed by atoms with Crippen LogP contribution in [0.15, 0.2) is 177 Å². The van der Waals surface area contributed by atoms with Gasteiger partial charge in [-0.2, -0.15) is 0 Å². The van der Waals surface area contributed by atoms with Crippen LogP contribution >= 0.6 is 0 Å². The molecule has 0 saturated heterocycles. The summed E-state index contributed by atoms with van der Waals surface area (Å²) in [6, 6.07) is 35.6. The number of para-hydroxylation sites is 4. The molecule has 0 bridgehead atoms. The number of aromatic nitrogens is 8. The Hall–Kier alpha value is -7.98. The van der Waals surface area contributed by atoms with Crippen LogP contribution in [-0.2, 0) is 0 Å². The molecule has 0 aliphatic carbocycles. The van der Waals surface area contributed by atoms with Crippen LogP contribution in [0.1, 0.15) is 0 Å². The Morgan fingerprint density at radius 3 is 1.02 bits per heavy atom. The first-order valence-corrected chi connectivity index (χ1v) is 17.9. The van der Waals surface area contributed by atoms with Gasteiger partial charge in [0.05, 0.1) is 58.9 Å². The molecule has 264 valence electrons. The van der Waals surface area contributed by atoms with Crippen LogP contribution in [0.2, 0.25) is 0 Å². The lowest BCUT2D eigenvalue weighted by Gasteiger charge is -2.33. The van der Waals surface area contributed by atoms with Gasteiger partial charge in [-0.25, -0.2) is 0 Å². The van der Waals surface area contributed by atoms with Crippen LogP contribution < -0.4 is 9.64 Å². The van der Waals surface area contributed by atoms with Gasteiger partial charge in [-0.3, -0.25) is 39.9 Å². The third-order valence-electron chi connectivity index (χ3n) is 9.58. The van der Waals surface area contributed by atoms with E-state index in [-0.39, 0.29) is 0 Å². The molecule has 0 radical (unpaired) electrons. The number of hydrogen-bond donors (Lipinski definition) is 0. The number of nitrogens with zero attached hydrogens (tertiary/aromatic N) is 9. The smallest absolute Gasteiger partial charge is 0.151 e. The second kappa shape index (κ2) is 14.1. The molecule has 5 aromatic carbocycles. The van der Waals surface area contributed by atoms with Gasteiger partial charge in [0.2, 0.25) is 0 Å². The summed E-state index contributed by atoms with van der Waals surface area (Å²) in [5.41, 5.74) is 13.3. The Bertz CT molecular complexity index is 2540. The Morgan fingerprint density at radius 2 is 0.661 bits per heavy atom. The molecule has 4 aromatic heterocycles. The molecule has 0 fully saturated rings. The van der Waals surface area contributed by atoms with Crippen LogP contribution in [-0.4, -0.2) is 39.9 Å². The predicted octanol–water partition coefficient (Wildman–Crippen LogP) is 10.4. The average Bonchev–Trinajstić information content (AvgIpc) is 3.29. The highest BCUT2D eigenvalue weighted by atomic mass is 16.5. The van der Waals surface area contributed by atoms with E-state index in [0.717, 1.165) is 95.8 Å². The van der Waals surface area contributed by atoms with E-state index in [4.69, 9.17) is 4.74 Å². The maximum Gasteiger partial charge on any atom is 0.151 e. The van der Waals surface area contributed by atoms with Crippen molar-refractivity contribution in [2.24, 2.45) is 0 Å². The summed E-state index contributed by atoms with van der Waals surface area (Å²) in [6.07, 6.45) is 20.6. The van der Waals surface area contributed by atoms with Crippen molar-refractivity contribution in [3.8, 4) is 78.8 Å². The normalized spacial score (nSPS) is 11.7. The van der Waals surface area contributed by atoms with Crippen molar-refractivity contribution in [1.29, 1.82) is 0 Å². The second-order valence-corrected chi connectivity index (χ2v) is 13.1. The maximum absolute atomic E-state index is 6.42. The standard InChI is InChI=1S/C46H29N9O/c1-3-7-45-43(5-1)55(44-6-2-4-8-46(44)56-45)38-24-32(30-18-34(39-26-47-9-13-51-39)22-35(19-30)40-27-48-10-14-52-40)17-33(25-38)31-20-36(41-28-49-11-15-53-41)23-37(21-31)42-29-50-12-16-54-42/h1-29H. The summed E-state index contributed by atoms with van der Waals surface area (Å²) in [5.74, 6) is 1.53. The SMILES string of the molecule is c1ccc2c(c1)Oc1ccccc1N2c1cc(-c2cc(-c3cnccn3)cc(-c3cnccn3)c2)cc(-c2cc(-c3cnccn3)cc(-c3cnccn3)c2)c1. The van der Waals surface area contributed by atoms with Crippen molar-refractivity contribution in [1.82, 2.24) is 39.9 Å². The molecule has 10 heteroatoms. The maximum atomic E-state index is 6.42. The average molecular weight is 724 g/mol. The Labute approximate surface area is 322 Å². The van der Waals surface area contributed by atoms with Gasteiger partial charge in [0.15, 0.2) is 11.5 Å². The zero-order chi connectivity index (χ0) is 37.3. The molecule has 0 saturated carbocycles. The van der Waals surface area contributed by atoms with E-state index in [1.165, 1.54) is 0 Å². The van der Waals surface area contributed by atoms with E-state index in [1.54, 1.807) is 74.4 Å². The van der Waals surface area contributed by atoms with Gasteiger partial charge in [0, 0.05) is 77.5 Å². The Morgan fingerprint density at radius 1 is 0.339 bits per heavy atom. The quantitative estimate of drug-likeness (QED) is 0.157. The molecule has 5 heterocycles. The largest absolute Gasteiger partial charge is 0.453 e. The van der Waals surface area contributed by atoms with Crippen molar-refractivity contribution in [2.45, 2.75) is 0 Å². The van der Waals surface area contributed by atoms with Gasteiger partial charge in [0.25, 0.3) is 0 Å². The van der Waals surface area contributed by atoms with E-state index in [0.29, 0.717) is 0 Å². The highest BCUT2D eigenvalue weighted by Gasteiger charge is 2.26. The molecule has 10 rings (SSSR count). The van der Waals surface area contributed by atoms with Gasteiger partial charge in [-0.05, 0) is 101 Å². The summed E-state index contributed by atoms with van der Waals surface area (Å²) in [5, 5.41) is 0. The number of benzene rings is 5. The molecule has 1 aliphatic rings. The molecular weight excluding hydrogens is 695 g/mol. The lowest BCUT2D eigenvalue weighted by atomic mass is 9.92. The summed E-state index contributed by atoms with van der Waals surface area (Å²) in [4.78, 5) is 38.4. The number of ether oxygens (including phenoxy) is 1. The van der Waals surface area contributed by atoms with Crippen LogP contribution in [0.25, 0.3) is 67.3 Å². The minimum atomic E-state index is 0.747. The summed E-state index contributed by atoms with van der Waals surface area (Å²) < 4.78 is 6.42. The number of hydrogen-bond acceptors (Lipinski definition) is 10. The van der Waals surface area contributed by atoms with Gasteiger partial charge in [0.1, 0.15) is 0 Å². The summed E-state index contributed by atoms with van der Waals surface area (Å²) >= 11 is 0. The zero-order valence-corrected chi connectivity index (χ0v) is 29.7. The minimum absolute atomic E-state index is 0.747. The van der Waals surface area contributed by atoms with Gasteiger partial charge >= 0.3 is 0 Å². The van der Waals surface area contributed by atoms with Crippen molar-refractivity contribution in [3.63, 3.8) is 0 Å². The highest BCUT2D eigenvalue weighted by Crippen LogP contribution is 2.51. The molecule has 10 nitrogen and oxygen atoms in total. The molecule has 0 atom stereocenters. The third kappa shape index (κ3) is 6.26. The highest BCUT2D eigenvalue weighted by molar-refractivity contribution is 5.92. The van der Waals surface area contributed by atoms with E-state index >= 15 is 0 Å². The fourth-order valence-electron chi connectivity index (χ4n) is 7.03. The van der Waals surface area contributed by atoms with E-state index < -0.39 is 0 Å². The minimum Gasteiger partial charge on any atom is -0.453 e. The molecule has 1 aliphatic heterocycles. The van der Waals surface area contributed by atoms with E-state index in [2.05, 4.69) is 112 Å². The number of rotatable bonds is 7. The molecule has 0 N–H and O–H groups in total. The molecule has 56 heavy (non-hydrogen) atoms. The molecule has 0 spiro atoms. The molecule has 9 aromatic rings. The number of anilines is 3. The van der Waals surface area contributed by atoms with Crippen LogP contribution in [0.5, 0.6) is 11.5 Å². The summed E-state index contributed by atoms with van der Waals surface area (Å²) in [7, 11) is 0. The van der Waals surface area contributed by atoms with Crippen molar-refractivity contribution in [2.75, 3.05) is 4.90 Å². The third-order valence-corrected chi connectivity index (χ3v) is 9.58. The van der Waals surface area contributed by atoms with Crippen LogP contribution in [0, 0.1) is 0 Å². The first kappa shape index (κ1) is 32.7. The van der Waals surface area contributed by atoms with E-state index in [1.807, 2.05) is 36.4 Å². The second-order valence-electron chi connectivity index (χ2n) is 13.1. The van der Waals surface area contributed by atoms with Crippen molar-refractivity contribution < 1.29 is 4.74 Å². The monoisotopic (exact) mass is 723 g/mol. The first-order chi connectivity index (χ1) is 27.7. The topological polar surface area (TPSA) is 116 Å². The Kier molecular flexibility index (Phi) is 8.23. The van der Waals surface area contributed by atoms with Gasteiger partial charge in [-0.1, -0.05) is 24.3 Å². The van der Waals surface area contributed by atoms with Crippen molar-refractivity contribution in [3.05, 3.63) is 177 Å². The zero-order valence-electron chi connectivity index (χ0n) is 29.7. The first-order valence-electron chi connectivity index (χ1n) is 17.9. The molecular formula is C46H29N9O. The molecule has 0 unspecified atom stereocenters. The lowest BCUT2D eigenvalue weighted by molar-refractivity contribution is 0.477. The van der Waals surface area contributed by atoms with Gasteiger partial charge in [-0.15, -0.1) is 0 Å². The fourth-order valence-corrected chi connectivity index (χ4v) is 7.03. The van der Waals surface area contributed by atoms with Crippen molar-refractivity contribution >= 4 is 17.1 Å². The lowest BCUT2D eigenvalue weighted by Crippen LogP contribution is -2.15. The molecule has 0 amide bonds. The number of fused-ring (bicyclic) bond motifs is 2. The van der Waals surface area contributed by atoms with Crippen LogP contribution in [0.4, 0.5) is 17.1 Å². The van der Waals surface area contributed by atoms with E-state index in [9.17, 15) is 0 Å². The predicted molar refractivity (Wildman–Crippen MR) is 216 cm³/mol. The van der Waals surface area contributed by atoms with Crippen LogP contribution in [0.3, 0.4) is 0 Å². The Balaban J connectivity index is 1.25. The van der Waals surface area contributed by atoms with Gasteiger partial charge < -0.3 is 9.64 Å². The fraction of sp³-hybridized carbons (Fsp3) is 0. The summed E-state index contributed by atoms with van der Waals surface area (Å²) in [6.45, 7) is 0.